The third-order valence-electron chi connectivity index (χ3n) is 9.30. The van der Waals surface area contributed by atoms with Crippen LogP contribution in [0.5, 0.6) is 5.75 Å². The highest BCUT2D eigenvalue weighted by Gasteiger charge is 2.48. The molecule has 0 bridgehead atoms. The Morgan fingerprint density at radius 2 is 1.06 bits per heavy atom. The van der Waals surface area contributed by atoms with E-state index in [1.54, 1.807) is 41.5 Å². The molecule has 4 aromatic carbocycles. The van der Waals surface area contributed by atoms with Gasteiger partial charge >= 0.3 is 0 Å². The van der Waals surface area contributed by atoms with Crippen LogP contribution in [0.2, 0.25) is 16.6 Å². The van der Waals surface area contributed by atoms with Crippen molar-refractivity contribution in [2.45, 2.75) is 71.0 Å². The molecule has 0 aromatic heterocycles. The van der Waals surface area contributed by atoms with Gasteiger partial charge in [0.05, 0.1) is 21.7 Å². The van der Waals surface area contributed by atoms with Crippen LogP contribution in [0.25, 0.3) is 38.2 Å². The first-order valence-electron chi connectivity index (χ1n) is 15.2. The van der Waals surface area contributed by atoms with Crippen molar-refractivity contribution in [3.05, 3.63) is 93.6 Å². The summed E-state index contributed by atoms with van der Waals surface area (Å²) >= 11 is 0. The maximum atomic E-state index is 16.4. The Kier molecular flexibility index (Phi) is 9.45. The number of hydrogen-bond acceptors (Lipinski definition) is 1. The maximum Gasteiger partial charge on any atom is 0.259 e. The van der Waals surface area contributed by atoms with Gasteiger partial charge in [-0.15, -0.1) is 0 Å². The minimum atomic E-state index is -3.30. The van der Waals surface area contributed by atoms with E-state index in [1.807, 2.05) is 0 Å². The molecule has 49 heavy (non-hydrogen) atoms. The van der Waals surface area contributed by atoms with Gasteiger partial charge in [0.15, 0.2) is 40.7 Å². The molecular weight excluding hydrogens is 692 g/mol. The van der Waals surface area contributed by atoms with Gasteiger partial charge in [-0.2, -0.15) is 4.39 Å². The predicted molar refractivity (Wildman–Crippen MR) is 165 cm³/mol. The lowest BCUT2D eigenvalue weighted by Gasteiger charge is -2.42. The van der Waals surface area contributed by atoms with Gasteiger partial charge in [-0.3, -0.25) is 0 Å². The summed E-state index contributed by atoms with van der Waals surface area (Å²) in [7, 11) is -3.30. The zero-order valence-electron chi connectivity index (χ0n) is 26.8. The second-order valence-electron chi connectivity index (χ2n) is 12.9. The molecule has 0 spiro atoms. The van der Waals surface area contributed by atoms with E-state index in [0.717, 1.165) is 0 Å². The number of benzene rings is 4. The molecule has 0 amide bonds. The summed E-state index contributed by atoms with van der Waals surface area (Å²) in [5.41, 5.74) is -5.96. The van der Waals surface area contributed by atoms with Gasteiger partial charge in [-0.1, -0.05) is 41.5 Å². The lowest BCUT2D eigenvalue weighted by atomic mass is 9.84. The Balaban J connectivity index is 1.94. The van der Waals surface area contributed by atoms with E-state index in [2.05, 4.69) is 0 Å². The molecule has 0 N–H and O–H groups in total. The average Bonchev–Trinajstić information content (AvgIpc) is 3.00. The lowest BCUT2D eigenvalue weighted by Crippen LogP contribution is -2.51. The molecule has 0 saturated carbocycles. The Hall–Kier alpha value is -3.94. The standard InChI is InChI=1S/C35H28F12OSi/c1-12(2)49(13(3)4,14(5)6)48-35-33(46)26-25(32(45)34(35)47)29(42)24(30(43)31(26)44)18-11-21(39)23-17(9-15(36)10-20(23)38)22(18)16-7-8-19(37)28(41)27(16)40/h9-14H,7-8H2,1-6H3. The van der Waals surface area contributed by atoms with Gasteiger partial charge in [0.2, 0.25) is 5.82 Å². The summed E-state index contributed by atoms with van der Waals surface area (Å²) < 4.78 is 190. The minimum absolute atomic E-state index is 0.161. The third kappa shape index (κ3) is 5.41. The fourth-order valence-electron chi connectivity index (χ4n) is 7.24. The Labute approximate surface area is 274 Å². The highest BCUT2D eigenvalue weighted by Crippen LogP contribution is 2.50. The van der Waals surface area contributed by atoms with Gasteiger partial charge in [-0.05, 0) is 57.3 Å². The average molecular weight is 721 g/mol. The molecule has 0 aliphatic heterocycles. The summed E-state index contributed by atoms with van der Waals surface area (Å²) in [6, 6.07) is 0.778. The Morgan fingerprint density at radius 1 is 0.531 bits per heavy atom. The van der Waals surface area contributed by atoms with Crippen molar-refractivity contribution in [2.75, 3.05) is 0 Å². The molecule has 0 heterocycles. The van der Waals surface area contributed by atoms with Crippen LogP contribution < -0.4 is 4.43 Å². The van der Waals surface area contributed by atoms with Crippen LogP contribution in [-0.4, -0.2) is 8.32 Å². The summed E-state index contributed by atoms with van der Waals surface area (Å²) in [6.07, 6.45) is -1.66. The van der Waals surface area contributed by atoms with Crippen LogP contribution in [0.3, 0.4) is 0 Å². The van der Waals surface area contributed by atoms with Crippen molar-refractivity contribution < 1.29 is 57.1 Å². The molecule has 1 nitrogen and oxygen atoms in total. The highest BCUT2D eigenvalue weighted by atomic mass is 28.4. The van der Waals surface area contributed by atoms with Crippen molar-refractivity contribution >= 4 is 35.4 Å². The number of rotatable bonds is 7. The van der Waals surface area contributed by atoms with Gasteiger partial charge < -0.3 is 4.43 Å². The number of halogens is 12. The summed E-state index contributed by atoms with van der Waals surface area (Å²) in [5, 5.41) is -5.50. The quantitative estimate of drug-likeness (QED) is 0.105. The predicted octanol–water partition coefficient (Wildman–Crippen LogP) is 13.1. The van der Waals surface area contributed by atoms with Crippen molar-refractivity contribution in [1.29, 1.82) is 0 Å². The number of hydrogen-bond donors (Lipinski definition) is 0. The van der Waals surface area contributed by atoms with E-state index < -0.39 is 141 Å². The molecule has 0 atom stereocenters. The number of fused-ring (bicyclic) bond motifs is 2. The van der Waals surface area contributed by atoms with E-state index in [9.17, 15) is 17.6 Å². The van der Waals surface area contributed by atoms with Gasteiger partial charge in [0.25, 0.3) is 8.32 Å². The van der Waals surface area contributed by atoms with Crippen LogP contribution in [0.4, 0.5) is 52.7 Å². The number of allylic oxidation sites excluding steroid dienone is 4. The fourth-order valence-corrected chi connectivity index (χ4v) is 12.5. The maximum absolute atomic E-state index is 16.4. The zero-order valence-corrected chi connectivity index (χ0v) is 27.8. The molecule has 0 radical (unpaired) electrons. The van der Waals surface area contributed by atoms with Crippen molar-refractivity contribution in [3.63, 3.8) is 0 Å². The monoisotopic (exact) mass is 720 g/mol. The van der Waals surface area contributed by atoms with E-state index in [-0.39, 0.29) is 28.8 Å². The van der Waals surface area contributed by atoms with Crippen LogP contribution in [0.15, 0.2) is 35.7 Å². The van der Waals surface area contributed by atoms with Crippen LogP contribution in [0, 0.1) is 52.4 Å². The molecule has 262 valence electrons. The van der Waals surface area contributed by atoms with Crippen molar-refractivity contribution in [2.24, 2.45) is 0 Å². The third-order valence-corrected chi connectivity index (χ3v) is 15.3. The molecule has 1 aliphatic carbocycles. The van der Waals surface area contributed by atoms with E-state index in [4.69, 9.17) is 4.43 Å². The second kappa shape index (κ2) is 12.7. The summed E-state index contributed by atoms with van der Waals surface area (Å²) in [5.74, 6) is -24.8. The van der Waals surface area contributed by atoms with Crippen molar-refractivity contribution in [1.82, 2.24) is 0 Å². The first kappa shape index (κ1) is 36.3. The largest absolute Gasteiger partial charge is 0.539 e. The molecule has 0 saturated heterocycles. The molecule has 1 aliphatic rings. The first-order chi connectivity index (χ1) is 22.8. The lowest BCUT2D eigenvalue weighted by molar-refractivity contribution is 0.397. The van der Waals surface area contributed by atoms with Gasteiger partial charge in [0, 0.05) is 12.5 Å². The Bertz CT molecular complexity index is 2090. The molecular formula is C35H28F12OSi. The Morgan fingerprint density at radius 3 is 1.63 bits per heavy atom. The fraction of sp³-hybridized carbons (Fsp3) is 0.314. The van der Waals surface area contributed by atoms with Crippen LogP contribution in [0.1, 0.15) is 59.9 Å². The minimum Gasteiger partial charge on any atom is -0.539 e. The molecule has 4 aromatic rings. The van der Waals surface area contributed by atoms with E-state index in [0.29, 0.717) is 6.07 Å². The smallest absolute Gasteiger partial charge is 0.259 e. The van der Waals surface area contributed by atoms with Crippen LogP contribution in [-0.2, 0) is 0 Å². The SMILES string of the molecule is CC(C)[Si](Oc1c(F)c(F)c2c(F)c(-c3cc(F)c4c(F)cc(F)cc4c3C3=C(F)C(F)=C(F)CC3)c(F)c(F)c2c1F)(C(C)C)C(C)C. The summed E-state index contributed by atoms with van der Waals surface area (Å²) in [6.45, 7) is 10.3. The van der Waals surface area contributed by atoms with Crippen LogP contribution >= 0.6 is 0 Å². The summed E-state index contributed by atoms with van der Waals surface area (Å²) in [4.78, 5) is 0. The molecule has 14 heteroatoms. The topological polar surface area (TPSA) is 9.23 Å². The highest BCUT2D eigenvalue weighted by molar-refractivity contribution is 6.78. The zero-order chi connectivity index (χ0) is 36.6. The van der Waals surface area contributed by atoms with Gasteiger partial charge in [0.1, 0.15) is 29.1 Å². The van der Waals surface area contributed by atoms with E-state index >= 15 is 35.1 Å². The molecule has 0 fully saturated rings. The molecule has 5 rings (SSSR count). The van der Waals surface area contributed by atoms with Crippen molar-refractivity contribution in [3.8, 4) is 16.9 Å². The first-order valence-corrected chi connectivity index (χ1v) is 17.3. The normalized spacial score (nSPS) is 14.6. The molecule has 0 unspecified atom stereocenters. The second-order valence-corrected chi connectivity index (χ2v) is 18.2. The van der Waals surface area contributed by atoms with Gasteiger partial charge in [-0.25, -0.2) is 48.3 Å². The van der Waals surface area contributed by atoms with E-state index in [1.165, 1.54) is 0 Å².